The molecule has 0 saturated carbocycles. The molecule has 0 aliphatic carbocycles. The summed E-state index contributed by atoms with van der Waals surface area (Å²) in [6.45, 7) is 15.6. The average molecular weight is 725 g/mol. The standard InChI is InChI=1S/C44H60N4O5/c1-8-10-11-12-13-14-15-16-17-18-21-53-25-33-28(5)34-22-36-27(4)32(19-20-40(49)50)42(47-36)30(7)43-41(44(51)52)29(6)37(48-43)24-38-31(9-2)26(3)35(45-38)23-39(33)46-34/h22-24,27,32,45-46H,8-21,25H2,1-7H3,(H,49,50)(H,51,52)/t27-,32-/m0/s1. The molecule has 53 heavy (non-hydrogen) atoms. The quantitative estimate of drug-likeness (QED) is 0.0957. The van der Waals surface area contributed by atoms with Gasteiger partial charge in [0, 0.05) is 63.9 Å². The second-order valence-electron chi connectivity index (χ2n) is 15.2. The van der Waals surface area contributed by atoms with E-state index in [0.717, 1.165) is 69.5 Å². The molecular formula is C44H60N4O5. The number of carboxylic acid groups (broad SMARTS) is 2. The molecule has 5 rings (SSSR count). The third-order valence-electron chi connectivity index (χ3n) is 11.5. The van der Waals surface area contributed by atoms with Gasteiger partial charge in [0.05, 0.1) is 23.6 Å². The average Bonchev–Trinajstić information content (AvgIpc) is 3.80. The molecule has 8 bridgehead atoms. The van der Waals surface area contributed by atoms with E-state index in [1.807, 2.05) is 13.0 Å². The van der Waals surface area contributed by atoms with Crippen LogP contribution < -0.4 is 0 Å². The van der Waals surface area contributed by atoms with Crippen LogP contribution >= 0.6 is 0 Å². The summed E-state index contributed by atoms with van der Waals surface area (Å²) in [4.78, 5) is 41.9. The van der Waals surface area contributed by atoms with Crippen molar-refractivity contribution in [1.82, 2.24) is 19.9 Å². The number of aromatic nitrogens is 4. The monoisotopic (exact) mass is 724 g/mol. The molecule has 9 heteroatoms. The van der Waals surface area contributed by atoms with Crippen molar-refractivity contribution >= 4 is 45.2 Å². The maximum atomic E-state index is 12.7. The Morgan fingerprint density at radius 2 is 1.36 bits per heavy atom. The van der Waals surface area contributed by atoms with Crippen LogP contribution in [0.5, 0.6) is 0 Å². The van der Waals surface area contributed by atoms with E-state index in [0.29, 0.717) is 41.2 Å². The molecule has 2 aliphatic heterocycles. The van der Waals surface area contributed by atoms with Gasteiger partial charge in [0.1, 0.15) is 0 Å². The largest absolute Gasteiger partial charge is 0.481 e. The Kier molecular flexibility index (Phi) is 13.7. The predicted octanol–water partition coefficient (Wildman–Crippen LogP) is 11.0. The minimum atomic E-state index is -1.05. The Bertz CT molecular complexity index is 2000. The van der Waals surface area contributed by atoms with Gasteiger partial charge in [-0.3, -0.25) is 9.78 Å². The van der Waals surface area contributed by atoms with Crippen molar-refractivity contribution in [3.8, 4) is 0 Å². The molecule has 0 saturated heterocycles. The first-order valence-corrected chi connectivity index (χ1v) is 19.9. The predicted molar refractivity (Wildman–Crippen MR) is 214 cm³/mol. The summed E-state index contributed by atoms with van der Waals surface area (Å²) in [6.07, 6.45) is 14.0. The summed E-state index contributed by atoms with van der Waals surface area (Å²) in [5.41, 5.74) is 12.2. The molecule has 0 aromatic carbocycles. The number of nitrogens with one attached hydrogen (secondary N) is 2. The van der Waals surface area contributed by atoms with Crippen molar-refractivity contribution in [3.05, 3.63) is 68.8 Å². The Morgan fingerprint density at radius 3 is 1.98 bits per heavy atom. The molecule has 0 amide bonds. The van der Waals surface area contributed by atoms with Gasteiger partial charge in [-0.1, -0.05) is 78.6 Å². The van der Waals surface area contributed by atoms with Crippen molar-refractivity contribution in [1.29, 1.82) is 0 Å². The topological polar surface area (TPSA) is 141 Å². The minimum absolute atomic E-state index is 0.0118. The molecule has 286 valence electrons. The number of aryl methyl sites for hydroxylation is 3. The second-order valence-corrected chi connectivity index (χ2v) is 15.2. The van der Waals surface area contributed by atoms with Gasteiger partial charge in [-0.25, -0.2) is 9.78 Å². The van der Waals surface area contributed by atoms with E-state index >= 15 is 0 Å². The fourth-order valence-electron chi connectivity index (χ4n) is 8.15. The lowest BCUT2D eigenvalue weighted by atomic mass is 9.85. The maximum absolute atomic E-state index is 12.7. The number of ether oxygens (including phenoxy) is 1. The van der Waals surface area contributed by atoms with E-state index in [1.54, 1.807) is 6.92 Å². The summed E-state index contributed by atoms with van der Waals surface area (Å²) >= 11 is 0. The van der Waals surface area contributed by atoms with Crippen LogP contribution in [0.15, 0.2) is 18.2 Å². The Hall–Kier alpha value is -4.24. The molecule has 0 radical (unpaired) electrons. The van der Waals surface area contributed by atoms with Crippen LogP contribution in [0.4, 0.5) is 0 Å². The molecule has 4 N–H and O–H groups in total. The zero-order valence-electron chi connectivity index (χ0n) is 33.0. The van der Waals surface area contributed by atoms with Gasteiger partial charge in [-0.2, -0.15) is 0 Å². The second kappa shape index (κ2) is 18.2. The van der Waals surface area contributed by atoms with Crippen molar-refractivity contribution in [3.63, 3.8) is 0 Å². The number of rotatable bonds is 18. The van der Waals surface area contributed by atoms with Crippen LogP contribution in [-0.4, -0.2) is 48.7 Å². The fraction of sp³-hybridized carbons (Fsp3) is 0.545. The van der Waals surface area contributed by atoms with Crippen LogP contribution in [0.2, 0.25) is 0 Å². The van der Waals surface area contributed by atoms with E-state index in [4.69, 9.17) is 14.7 Å². The molecule has 3 aromatic heterocycles. The zero-order valence-corrected chi connectivity index (χ0v) is 33.0. The van der Waals surface area contributed by atoms with Gasteiger partial charge < -0.3 is 24.9 Å². The summed E-state index contributed by atoms with van der Waals surface area (Å²) in [6, 6.07) is 6.20. The molecule has 3 aromatic rings. The summed E-state index contributed by atoms with van der Waals surface area (Å²) in [5, 5.41) is 20.0. The first-order chi connectivity index (χ1) is 25.5. The van der Waals surface area contributed by atoms with E-state index < -0.39 is 11.9 Å². The third kappa shape index (κ3) is 9.11. The first-order valence-electron chi connectivity index (χ1n) is 19.9. The maximum Gasteiger partial charge on any atom is 0.338 e. The number of aliphatic carboxylic acids is 2. The molecule has 2 atom stereocenters. The lowest BCUT2D eigenvalue weighted by Gasteiger charge is -2.16. The van der Waals surface area contributed by atoms with Gasteiger partial charge in [-0.05, 0) is 93.0 Å². The number of fused-ring (bicyclic) bond motifs is 8. The lowest BCUT2D eigenvalue weighted by Crippen LogP contribution is -2.08. The highest BCUT2D eigenvalue weighted by molar-refractivity contribution is 6.24. The van der Waals surface area contributed by atoms with Crippen LogP contribution in [0, 0.1) is 20.8 Å². The Balaban J connectivity index is 1.58. The molecule has 9 nitrogen and oxygen atoms in total. The summed E-state index contributed by atoms with van der Waals surface area (Å²) in [5.74, 6) is -2.21. The van der Waals surface area contributed by atoms with Crippen LogP contribution in [0.3, 0.4) is 0 Å². The van der Waals surface area contributed by atoms with Crippen LogP contribution in [-0.2, 0) is 27.4 Å². The zero-order chi connectivity index (χ0) is 38.2. The van der Waals surface area contributed by atoms with Crippen molar-refractivity contribution in [2.75, 3.05) is 6.61 Å². The highest BCUT2D eigenvalue weighted by atomic mass is 16.5. The summed E-state index contributed by atoms with van der Waals surface area (Å²) in [7, 11) is 0. The summed E-state index contributed by atoms with van der Waals surface area (Å²) < 4.78 is 6.34. The fourth-order valence-corrected chi connectivity index (χ4v) is 8.15. The molecule has 0 fully saturated rings. The van der Waals surface area contributed by atoms with Gasteiger partial charge in [0.15, 0.2) is 0 Å². The van der Waals surface area contributed by atoms with Gasteiger partial charge in [0.2, 0.25) is 0 Å². The lowest BCUT2D eigenvalue weighted by molar-refractivity contribution is -0.137. The number of unbranched alkanes of at least 4 members (excludes halogenated alkanes) is 9. The smallest absolute Gasteiger partial charge is 0.338 e. The molecule has 5 heterocycles. The van der Waals surface area contributed by atoms with Gasteiger partial charge >= 0.3 is 11.9 Å². The van der Waals surface area contributed by atoms with Crippen LogP contribution in [0.1, 0.15) is 167 Å². The number of carbonyl (C=O) groups is 2. The van der Waals surface area contributed by atoms with E-state index in [2.05, 4.69) is 56.7 Å². The van der Waals surface area contributed by atoms with Crippen molar-refractivity contribution < 1.29 is 24.5 Å². The Morgan fingerprint density at radius 1 is 0.755 bits per heavy atom. The Labute approximate surface area is 314 Å². The molecule has 0 spiro atoms. The number of carboxylic acids is 2. The first kappa shape index (κ1) is 40.0. The number of nitrogens with zero attached hydrogens (tertiary/aromatic N) is 2. The normalized spacial score (nSPS) is 15.8. The number of aromatic amines is 2. The number of H-pyrrole nitrogens is 2. The number of allylic oxidation sites excluding steroid dienone is 1. The van der Waals surface area contributed by atoms with E-state index in [1.165, 1.54) is 57.8 Å². The number of hydrogen-bond acceptors (Lipinski definition) is 5. The SMILES string of the molecule is CCCCCCCCCCCCOCc1c(C)c2cc3nc(c(C)c4nc(cc5[nH]c(cc1[nH]2)c(C)c5CC)C(C)=C4C(=O)O)[C@@H](CCC(=O)O)[C@@H]3C. The molecule has 0 unspecified atom stereocenters. The highest BCUT2D eigenvalue weighted by Crippen LogP contribution is 2.43. The molecule has 2 aliphatic rings. The minimum Gasteiger partial charge on any atom is -0.481 e. The third-order valence-corrected chi connectivity index (χ3v) is 11.5. The van der Waals surface area contributed by atoms with Crippen LogP contribution in [0.25, 0.3) is 33.2 Å². The van der Waals surface area contributed by atoms with E-state index in [-0.39, 0.29) is 23.8 Å². The van der Waals surface area contributed by atoms with Crippen molar-refractivity contribution in [2.45, 2.75) is 150 Å². The number of hydrogen-bond donors (Lipinski definition) is 4. The molecular weight excluding hydrogens is 665 g/mol. The van der Waals surface area contributed by atoms with Gasteiger partial charge in [0.25, 0.3) is 0 Å². The van der Waals surface area contributed by atoms with Crippen molar-refractivity contribution in [2.24, 2.45) is 0 Å². The van der Waals surface area contributed by atoms with E-state index in [9.17, 15) is 19.8 Å². The van der Waals surface area contributed by atoms with Gasteiger partial charge in [-0.15, -0.1) is 0 Å². The highest BCUT2D eigenvalue weighted by Gasteiger charge is 2.33.